The van der Waals surface area contributed by atoms with Gasteiger partial charge in [-0.05, 0) is 12.1 Å². The maximum atomic E-state index is 13.9. The van der Waals surface area contributed by atoms with Crippen molar-refractivity contribution in [1.29, 1.82) is 0 Å². The quantitative estimate of drug-likeness (QED) is 0.409. The molecule has 3 heterocycles. The van der Waals surface area contributed by atoms with Crippen LogP contribution >= 0.6 is 0 Å². The van der Waals surface area contributed by atoms with Gasteiger partial charge in [0, 0.05) is 11.6 Å². The average Bonchev–Trinajstić information content (AvgIpc) is 3.26. The third-order valence-electron chi connectivity index (χ3n) is 4.24. The van der Waals surface area contributed by atoms with Crippen molar-refractivity contribution < 1.29 is 18.4 Å². The van der Waals surface area contributed by atoms with Gasteiger partial charge in [-0.3, -0.25) is 9.79 Å². The highest BCUT2D eigenvalue weighted by Gasteiger charge is 2.14. The fourth-order valence-corrected chi connectivity index (χ4v) is 2.76. The molecule has 0 spiro atoms. The number of aromatic amines is 1. The fraction of sp³-hybridized carbons (Fsp3) is 0.0500. The summed E-state index contributed by atoms with van der Waals surface area (Å²) < 4.78 is 23.6. The third-order valence-corrected chi connectivity index (χ3v) is 4.24. The Balaban J connectivity index is 1.78. The number of nitrogens with two attached hydrogens (primary N) is 1. The Morgan fingerprint density at radius 1 is 1.29 bits per heavy atom. The number of benzene rings is 1. The minimum absolute atomic E-state index is 0.0109. The highest BCUT2D eigenvalue weighted by Crippen LogP contribution is 2.17. The van der Waals surface area contributed by atoms with Crippen LogP contribution in [0.3, 0.4) is 0 Å². The Hall–Kier alpha value is -4.54. The molecule has 0 amide bonds. The van der Waals surface area contributed by atoms with Gasteiger partial charge in [0.1, 0.15) is 28.9 Å². The summed E-state index contributed by atoms with van der Waals surface area (Å²) in [6.07, 6.45) is 2.68. The summed E-state index contributed by atoms with van der Waals surface area (Å²) in [5, 5.41) is 13.3. The minimum Gasteiger partial charge on any atom is -0.507 e. The molecule has 0 radical (unpaired) electrons. The van der Waals surface area contributed by atoms with Crippen molar-refractivity contribution in [2.75, 3.05) is 0 Å². The normalized spacial score (nSPS) is 12.4. The third kappa shape index (κ3) is 4.10. The first-order valence-corrected chi connectivity index (χ1v) is 8.85. The summed E-state index contributed by atoms with van der Waals surface area (Å²) in [6.45, 7) is -0.0109. The van der Waals surface area contributed by atoms with Crippen molar-refractivity contribution in [3.63, 3.8) is 0 Å². The molecule has 10 nitrogen and oxygen atoms in total. The molecule has 31 heavy (non-hydrogen) atoms. The number of hydrogen-bond acceptors (Lipinski definition) is 9. The molecule has 0 saturated heterocycles. The number of fused-ring (bicyclic) bond motifs is 1. The molecule has 4 N–H and O–H groups in total. The van der Waals surface area contributed by atoms with Crippen LogP contribution in [0.5, 0.6) is 5.75 Å². The van der Waals surface area contributed by atoms with E-state index in [0.29, 0.717) is 11.3 Å². The van der Waals surface area contributed by atoms with Crippen molar-refractivity contribution in [1.82, 2.24) is 15.1 Å². The standard InChI is InChI=1S/C20H14FN5O5/c21-11-4-2-1-3-10(11)9-23-14(13-5-6-30-26-13)7-12(22)18-24-19(29)17-15(27)8-16(28)31-20(17)25-18/h1-8,27H,9,22H2,(H,24,25,29). The number of allylic oxidation sites excluding steroid dienone is 1. The van der Waals surface area contributed by atoms with Crippen molar-refractivity contribution in [3.8, 4) is 5.75 Å². The van der Waals surface area contributed by atoms with Crippen molar-refractivity contribution in [2.45, 2.75) is 6.54 Å². The molecular weight excluding hydrogens is 409 g/mol. The number of hydrogen-bond donors (Lipinski definition) is 3. The topological polar surface area (TPSA) is 161 Å². The Kier molecular flexibility index (Phi) is 5.14. The Labute approximate surface area is 172 Å². The van der Waals surface area contributed by atoms with Gasteiger partial charge in [0.2, 0.25) is 5.71 Å². The lowest BCUT2D eigenvalue weighted by atomic mass is 10.2. The average molecular weight is 423 g/mol. The molecule has 3 aromatic heterocycles. The number of aromatic nitrogens is 3. The zero-order chi connectivity index (χ0) is 22.0. The molecule has 4 aromatic rings. The first-order chi connectivity index (χ1) is 14.9. The van der Waals surface area contributed by atoms with Gasteiger partial charge in [0.15, 0.2) is 5.82 Å². The number of halogens is 1. The van der Waals surface area contributed by atoms with Crippen LogP contribution in [0.15, 0.2) is 72.3 Å². The van der Waals surface area contributed by atoms with Crippen LogP contribution in [-0.2, 0) is 6.54 Å². The minimum atomic E-state index is -0.883. The van der Waals surface area contributed by atoms with E-state index < -0.39 is 22.8 Å². The second kappa shape index (κ2) is 8.06. The predicted octanol–water partition coefficient (Wildman–Crippen LogP) is 1.70. The molecule has 0 atom stereocenters. The van der Waals surface area contributed by atoms with E-state index in [9.17, 15) is 19.1 Å². The molecule has 0 bridgehead atoms. The predicted molar refractivity (Wildman–Crippen MR) is 108 cm³/mol. The number of nitrogens with one attached hydrogen (secondary N) is 1. The van der Waals surface area contributed by atoms with E-state index in [1.165, 1.54) is 24.5 Å². The number of nitrogens with zero attached hydrogens (tertiary/aromatic N) is 3. The molecule has 0 aliphatic carbocycles. The van der Waals surface area contributed by atoms with Crippen molar-refractivity contribution in [2.24, 2.45) is 10.7 Å². The van der Waals surface area contributed by atoms with Gasteiger partial charge in [-0.2, -0.15) is 4.98 Å². The molecule has 0 unspecified atom stereocenters. The highest BCUT2D eigenvalue weighted by atomic mass is 19.1. The second-order valence-corrected chi connectivity index (χ2v) is 6.32. The monoisotopic (exact) mass is 423 g/mol. The van der Waals surface area contributed by atoms with Crippen LogP contribution < -0.4 is 16.9 Å². The molecular formula is C20H14FN5O5. The molecule has 11 heteroatoms. The van der Waals surface area contributed by atoms with Gasteiger partial charge in [-0.25, -0.2) is 9.18 Å². The highest BCUT2D eigenvalue weighted by molar-refractivity contribution is 6.10. The maximum absolute atomic E-state index is 13.9. The summed E-state index contributed by atoms with van der Waals surface area (Å²) in [6, 6.07) is 8.44. The van der Waals surface area contributed by atoms with Gasteiger partial charge < -0.3 is 24.8 Å². The zero-order valence-electron chi connectivity index (χ0n) is 15.7. The summed E-state index contributed by atoms with van der Waals surface area (Å²) in [7, 11) is 0. The summed E-state index contributed by atoms with van der Waals surface area (Å²) >= 11 is 0. The van der Waals surface area contributed by atoms with Crippen LogP contribution in [0, 0.1) is 5.82 Å². The molecule has 0 fully saturated rings. The van der Waals surface area contributed by atoms with E-state index in [2.05, 4.69) is 20.1 Å². The number of aromatic hydroxyl groups is 1. The number of H-pyrrole nitrogens is 1. The number of aliphatic imine (C=N–C) groups is 1. The molecule has 0 aliphatic rings. The van der Waals surface area contributed by atoms with Crippen molar-refractivity contribution >= 4 is 22.5 Å². The van der Waals surface area contributed by atoms with Crippen LogP contribution in [0.4, 0.5) is 4.39 Å². The van der Waals surface area contributed by atoms with E-state index in [1.807, 2.05) is 0 Å². The Morgan fingerprint density at radius 3 is 2.84 bits per heavy atom. The van der Waals surface area contributed by atoms with Gasteiger partial charge in [-0.15, -0.1) is 0 Å². The summed E-state index contributed by atoms with van der Waals surface area (Å²) in [5.74, 6) is -1.12. The van der Waals surface area contributed by atoms with E-state index in [1.54, 1.807) is 18.2 Å². The smallest absolute Gasteiger partial charge is 0.341 e. The van der Waals surface area contributed by atoms with Gasteiger partial charge in [0.25, 0.3) is 5.56 Å². The van der Waals surface area contributed by atoms with Gasteiger partial charge in [-0.1, -0.05) is 23.4 Å². The lowest BCUT2D eigenvalue weighted by Crippen LogP contribution is -2.16. The molecule has 1 aromatic carbocycles. The SMILES string of the molecule is NC(=CC(=NCc1ccccc1F)c1ccon1)c1nc2oc(=O)cc(O)c2c(=O)[nH]1. The van der Waals surface area contributed by atoms with Gasteiger partial charge >= 0.3 is 5.63 Å². The van der Waals surface area contributed by atoms with E-state index in [4.69, 9.17) is 14.7 Å². The van der Waals surface area contributed by atoms with Crippen LogP contribution in [0.2, 0.25) is 0 Å². The molecule has 0 aliphatic heterocycles. The fourth-order valence-electron chi connectivity index (χ4n) is 2.76. The molecule has 4 rings (SSSR count). The Morgan fingerprint density at radius 2 is 2.10 bits per heavy atom. The van der Waals surface area contributed by atoms with E-state index >= 15 is 0 Å². The van der Waals surface area contributed by atoms with E-state index in [-0.39, 0.29) is 34.9 Å². The first-order valence-electron chi connectivity index (χ1n) is 8.85. The lowest BCUT2D eigenvalue weighted by molar-refractivity contribution is 0.418. The van der Waals surface area contributed by atoms with Gasteiger partial charge in [0.05, 0.1) is 24.0 Å². The van der Waals surface area contributed by atoms with Crippen LogP contribution in [-0.4, -0.2) is 25.9 Å². The zero-order valence-corrected chi connectivity index (χ0v) is 15.7. The van der Waals surface area contributed by atoms with Crippen LogP contribution in [0.1, 0.15) is 17.1 Å². The summed E-state index contributed by atoms with van der Waals surface area (Å²) in [5.41, 5.74) is 4.88. The van der Waals surface area contributed by atoms with Crippen LogP contribution in [0.25, 0.3) is 16.8 Å². The molecule has 156 valence electrons. The maximum Gasteiger partial charge on any atom is 0.341 e. The van der Waals surface area contributed by atoms with Crippen molar-refractivity contribution in [3.05, 3.63) is 92.4 Å². The lowest BCUT2D eigenvalue weighted by Gasteiger charge is -2.05. The second-order valence-electron chi connectivity index (χ2n) is 6.32. The molecule has 0 saturated carbocycles. The Bertz CT molecular complexity index is 1440. The largest absolute Gasteiger partial charge is 0.507 e. The number of rotatable bonds is 5. The summed E-state index contributed by atoms with van der Waals surface area (Å²) in [4.78, 5) is 34.5. The first kappa shape index (κ1) is 19.8. The van der Waals surface area contributed by atoms with E-state index in [0.717, 1.165) is 6.07 Å².